The number of nitrogens with one attached hydrogen (secondary N) is 1. The highest BCUT2D eigenvalue weighted by atomic mass is 35.5. The molecule has 1 heterocycles. The SMILES string of the molecule is COc1cc(N)c(Cl)cc1C(=O)NCC1CCCN(Cc2ccccc2)C1. The van der Waals surface area contributed by atoms with Crippen molar-refractivity contribution < 1.29 is 9.53 Å². The number of amides is 1. The number of carbonyl (C=O) groups excluding carboxylic acids is 1. The van der Waals surface area contributed by atoms with Crippen molar-refractivity contribution in [3.63, 3.8) is 0 Å². The number of rotatable bonds is 6. The van der Waals surface area contributed by atoms with E-state index in [0.29, 0.717) is 34.5 Å². The molecule has 0 aliphatic carbocycles. The molecular weight excluding hydrogens is 362 g/mol. The van der Waals surface area contributed by atoms with Crippen LogP contribution in [0.2, 0.25) is 5.02 Å². The minimum atomic E-state index is -0.186. The smallest absolute Gasteiger partial charge is 0.255 e. The number of halogens is 1. The summed E-state index contributed by atoms with van der Waals surface area (Å²) >= 11 is 6.06. The predicted molar refractivity (Wildman–Crippen MR) is 109 cm³/mol. The first kappa shape index (κ1) is 19.5. The number of anilines is 1. The maximum atomic E-state index is 12.6. The zero-order valence-electron chi connectivity index (χ0n) is 15.6. The fourth-order valence-electron chi connectivity index (χ4n) is 3.55. The molecule has 1 aliphatic heterocycles. The summed E-state index contributed by atoms with van der Waals surface area (Å²) in [6.45, 7) is 3.66. The van der Waals surface area contributed by atoms with Crippen molar-refractivity contribution in [1.82, 2.24) is 10.2 Å². The largest absolute Gasteiger partial charge is 0.496 e. The fourth-order valence-corrected chi connectivity index (χ4v) is 3.71. The van der Waals surface area contributed by atoms with Gasteiger partial charge < -0.3 is 15.8 Å². The monoisotopic (exact) mass is 387 g/mol. The fraction of sp³-hybridized carbons (Fsp3) is 0.381. The van der Waals surface area contributed by atoms with E-state index in [2.05, 4.69) is 34.5 Å². The Morgan fingerprint density at radius 1 is 1.33 bits per heavy atom. The normalized spacial score (nSPS) is 17.5. The number of carbonyl (C=O) groups is 1. The highest BCUT2D eigenvalue weighted by molar-refractivity contribution is 6.33. The second-order valence-electron chi connectivity index (χ2n) is 7.01. The molecule has 0 radical (unpaired) electrons. The minimum absolute atomic E-state index is 0.186. The van der Waals surface area contributed by atoms with E-state index < -0.39 is 0 Å². The van der Waals surface area contributed by atoms with Crippen LogP contribution in [0.25, 0.3) is 0 Å². The summed E-state index contributed by atoms with van der Waals surface area (Å²) in [5.41, 5.74) is 7.92. The molecule has 5 nitrogen and oxygen atoms in total. The Morgan fingerprint density at radius 3 is 2.85 bits per heavy atom. The molecule has 2 aromatic rings. The Bertz CT molecular complexity index is 782. The van der Waals surface area contributed by atoms with E-state index in [0.717, 1.165) is 32.5 Å². The number of hydrogen-bond acceptors (Lipinski definition) is 4. The van der Waals surface area contributed by atoms with E-state index >= 15 is 0 Å². The Balaban J connectivity index is 1.56. The number of nitrogens with zero attached hydrogens (tertiary/aromatic N) is 1. The molecular formula is C21H26ClN3O2. The van der Waals surface area contributed by atoms with Gasteiger partial charge in [0.2, 0.25) is 0 Å². The van der Waals surface area contributed by atoms with E-state index in [1.165, 1.54) is 12.7 Å². The number of hydrogen-bond donors (Lipinski definition) is 2. The standard InChI is InChI=1S/C21H26ClN3O2/c1-27-20-11-19(23)18(22)10-17(20)21(26)24-12-16-8-5-9-25(14-16)13-15-6-3-2-4-7-15/h2-4,6-7,10-11,16H,5,8-9,12-14,23H2,1H3,(H,24,26). The van der Waals surface area contributed by atoms with Gasteiger partial charge in [-0.1, -0.05) is 41.9 Å². The van der Waals surface area contributed by atoms with Crippen molar-refractivity contribution in [2.75, 3.05) is 32.5 Å². The van der Waals surface area contributed by atoms with Crippen LogP contribution in [0.15, 0.2) is 42.5 Å². The van der Waals surface area contributed by atoms with Gasteiger partial charge in [0, 0.05) is 25.7 Å². The van der Waals surface area contributed by atoms with Crippen LogP contribution in [0.1, 0.15) is 28.8 Å². The number of likely N-dealkylation sites (tertiary alicyclic amines) is 1. The molecule has 3 N–H and O–H groups in total. The molecule has 3 rings (SSSR count). The molecule has 0 bridgehead atoms. The third-order valence-corrected chi connectivity index (χ3v) is 5.29. The molecule has 1 amide bonds. The first-order chi connectivity index (χ1) is 13.1. The van der Waals surface area contributed by atoms with E-state index in [1.807, 2.05) is 6.07 Å². The van der Waals surface area contributed by atoms with E-state index in [1.54, 1.807) is 12.1 Å². The zero-order chi connectivity index (χ0) is 19.2. The molecule has 2 aromatic carbocycles. The van der Waals surface area contributed by atoms with Gasteiger partial charge >= 0.3 is 0 Å². The van der Waals surface area contributed by atoms with Crippen LogP contribution < -0.4 is 15.8 Å². The lowest BCUT2D eigenvalue weighted by Crippen LogP contribution is -2.40. The molecule has 0 spiro atoms. The lowest BCUT2D eigenvalue weighted by atomic mass is 9.97. The lowest BCUT2D eigenvalue weighted by Gasteiger charge is -2.32. The van der Waals surface area contributed by atoms with Crippen molar-refractivity contribution in [3.05, 3.63) is 58.6 Å². The minimum Gasteiger partial charge on any atom is -0.496 e. The molecule has 0 aromatic heterocycles. The van der Waals surface area contributed by atoms with Crippen molar-refractivity contribution in [3.8, 4) is 5.75 Å². The number of nitrogens with two attached hydrogens (primary N) is 1. The van der Waals surface area contributed by atoms with Gasteiger partial charge in [-0.05, 0) is 36.9 Å². The van der Waals surface area contributed by atoms with Crippen molar-refractivity contribution in [2.24, 2.45) is 5.92 Å². The van der Waals surface area contributed by atoms with Gasteiger partial charge in [0.15, 0.2) is 0 Å². The summed E-state index contributed by atoms with van der Waals surface area (Å²) in [7, 11) is 1.52. The molecule has 1 fully saturated rings. The van der Waals surface area contributed by atoms with E-state index in [9.17, 15) is 4.79 Å². The van der Waals surface area contributed by atoms with E-state index in [4.69, 9.17) is 22.1 Å². The number of methoxy groups -OCH3 is 1. The highest BCUT2D eigenvalue weighted by Gasteiger charge is 2.22. The number of piperidine rings is 1. The number of nitrogen functional groups attached to an aromatic ring is 1. The second-order valence-corrected chi connectivity index (χ2v) is 7.42. The summed E-state index contributed by atoms with van der Waals surface area (Å²) < 4.78 is 5.27. The van der Waals surface area contributed by atoms with Gasteiger partial charge in [-0.3, -0.25) is 9.69 Å². The van der Waals surface area contributed by atoms with Gasteiger partial charge in [-0.2, -0.15) is 0 Å². The summed E-state index contributed by atoms with van der Waals surface area (Å²) in [6, 6.07) is 13.6. The Hall–Kier alpha value is -2.24. The molecule has 1 aliphatic rings. The highest BCUT2D eigenvalue weighted by Crippen LogP contribution is 2.29. The molecule has 27 heavy (non-hydrogen) atoms. The Morgan fingerprint density at radius 2 is 2.11 bits per heavy atom. The molecule has 1 saturated heterocycles. The average molecular weight is 388 g/mol. The van der Waals surface area contributed by atoms with Crippen molar-refractivity contribution >= 4 is 23.2 Å². The topological polar surface area (TPSA) is 67.6 Å². The summed E-state index contributed by atoms with van der Waals surface area (Å²) in [5, 5.41) is 3.38. The lowest BCUT2D eigenvalue weighted by molar-refractivity contribution is 0.0927. The van der Waals surface area contributed by atoms with Gasteiger partial charge in [-0.15, -0.1) is 0 Å². The van der Waals surface area contributed by atoms with Crippen molar-refractivity contribution in [1.29, 1.82) is 0 Å². The quantitative estimate of drug-likeness (QED) is 0.743. The molecule has 1 atom stereocenters. The summed E-state index contributed by atoms with van der Waals surface area (Å²) in [4.78, 5) is 15.1. The van der Waals surface area contributed by atoms with Crippen LogP contribution in [0.4, 0.5) is 5.69 Å². The van der Waals surface area contributed by atoms with Gasteiger partial charge in [0.25, 0.3) is 5.91 Å². The Kier molecular flexibility index (Phi) is 6.58. The van der Waals surface area contributed by atoms with Gasteiger partial charge in [-0.25, -0.2) is 0 Å². The van der Waals surface area contributed by atoms with Crippen LogP contribution in [0.3, 0.4) is 0 Å². The first-order valence-electron chi connectivity index (χ1n) is 9.24. The first-order valence-corrected chi connectivity index (χ1v) is 9.62. The van der Waals surface area contributed by atoms with Crippen LogP contribution in [-0.4, -0.2) is 37.6 Å². The predicted octanol–water partition coefficient (Wildman–Crippen LogP) is 3.57. The summed E-state index contributed by atoms with van der Waals surface area (Å²) in [5.74, 6) is 0.680. The third-order valence-electron chi connectivity index (χ3n) is 4.97. The molecule has 1 unspecified atom stereocenters. The number of ether oxygens (including phenoxy) is 1. The molecule has 0 saturated carbocycles. The maximum Gasteiger partial charge on any atom is 0.255 e. The van der Waals surface area contributed by atoms with Crippen LogP contribution in [-0.2, 0) is 6.54 Å². The van der Waals surface area contributed by atoms with Gasteiger partial charge in [0.05, 0.1) is 23.4 Å². The summed E-state index contributed by atoms with van der Waals surface area (Å²) in [6.07, 6.45) is 2.26. The van der Waals surface area contributed by atoms with Crippen LogP contribution >= 0.6 is 11.6 Å². The Labute approximate surface area is 165 Å². The van der Waals surface area contributed by atoms with Gasteiger partial charge in [0.1, 0.15) is 5.75 Å². The molecule has 144 valence electrons. The molecule has 6 heteroatoms. The number of benzene rings is 2. The zero-order valence-corrected chi connectivity index (χ0v) is 16.3. The van der Waals surface area contributed by atoms with Crippen molar-refractivity contribution in [2.45, 2.75) is 19.4 Å². The van der Waals surface area contributed by atoms with E-state index in [-0.39, 0.29) is 5.91 Å². The maximum absolute atomic E-state index is 12.6. The second kappa shape index (κ2) is 9.11. The van der Waals surface area contributed by atoms with Crippen LogP contribution in [0, 0.1) is 5.92 Å². The average Bonchev–Trinajstić information content (AvgIpc) is 2.69. The van der Waals surface area contributed by atoms with Crippen LogP contribution in [0.5, 0.6) is 5.75 Å². The third kappa shape index (κ3) is 5.15.